The Bertz CT molecular complexity index is 496. The molecule has 0 saturated carbocycles. The zero-order valence-electron chi connectivity index (χ0n) is 10.1. The molecule has 1 heterocycles. The molecule has 0 aliphatic heterocycles. The third-order valence-corrected chi connectivity index (χ3v) is 2.96. The van der Waals surface area contributed by atoms with Crippen molar-refractivity contribution in [2.24, 2.45) is 0 Å². The lowest BCUT2D eigenvalue weighted by atomic mass is 10.2. The number of halogens is 2. The monoisotopic (exact) mass is 264 g/mol. The molecule has 2 nitrogen and oxygen atoms in total. The molecule has 2 aromatic rings. The molecule has 0 radical (unpaired) electrons. The third kappa shape index (κ3) is 3.20. The molecule has 18 heavy (non-hydrogen) atoms. The van der Waals surface area contributed by atoms with Crippen LogP contribution < -0.4 is 4.90 Å². The summed E-state index contributed by atoms with van der Waals surface area (Å²) < 4.78 is 12.9. The molecule has 0 saturated heterocycles. The molecule has 2 rings (SSSR count). The van der Waals surface area contributed by atoms with E-state index in [1.54, 1.807) is 24.4 Å². The van der Waals surface area contributed by atoms with Crippen LogP contribution in [0.15, 0.2) is 42.6 Å². The van der Waals surface area contributed by atoms with Gasteiger partial charge in [-0.2, -0.15) is 0 Å². The van der Waals surface area contributed by atoms with Gasteiger partial charge in [-0.05, 0) is 42.8 Å². The summed E-state index contributed by atoms with van der Waals surface area (Å²) in [6.07, 6.45) is 1.76. The smallest absolute Gasteiger partial charge is 0.129 e. The van der Waals surface area contributed by atoms with Gasteiger partial charge in [-0.15, -0.1) is 0 Å². The Morgan fingerprint density at radius 2 is 1.89 bits per heavy atom. The molecule has 94 valence electrons. The van der Waals surface area contributed by atoms with Crippen LogP contribution in [0.3, 0.4) is 0 Å². The average Bonchev–Trinajstić information content (AvgIpc) is 2.39. The van der Waals surface area contributed by atoms with Crippen LogP contribution in [-0.4, -0.2) is 11.5 Å². The maximum Gasteiger partial charge on any atom is 0.129 e. The summed E-state index contributed by atoms with van der Waals surface area (Å²) in [4.78, 5) is 6.20. The van der Waals surface area contributed by atoms with Crippen molar-refractivity contribution >= 4 is 17.3 Å². The maximum absolute atomic E-state index is 12.9. The summed E-state index contributed by atoms with van der Waals surface area (Å²) in [5.41, 5.74) is 2.07. The number of anilines is 1. The van der Waals surface area contributed by atoms with E-state index in [0.29, 0.717) is 5.15 Å². The van der Waals surface area contributed by atoms with Crippen LogP contribution in [0.5, 0.6) is 0 Å². The van der Waals surface area contributed by atoms with E-state index in [4.69, 9.17) is 11.6 Å². The number of nitrogens with zero attached hydrogens (tertiary/aromatic N) is 2. The lowest BCUT2D eigenvalue weighted by Gasteiger charge is -2.23. The minimum atomic E-state index is -0.219. The van der Waals surface area contributed by atoms with Crippen molar-refractivity contribution in [1.82, 2.24) is 4.98 Å². The van der Waals surface area contributed by atoms with Crippen molar-refractivity contribution < 1.29 is 4.39 Å². The van der Waals surface area contributed by atoms with Crippen molar-refractivity contribution in [2.75, 3.05) is 11.4 Å². The lowest BCUT2D eigenvalue weighted by molar-refractivity contribution is 0.627. The number of rotatable bonds is 4. The number of pyridine rings is 1. The molecule has 1 aromatic heterocycles. The predicted octanol–water partition coefficient (Wildman–Crippen LogP) is 3.90. The fourth-order valence-corrected chi connectivity index (χ4v) is 1.87. The van der Waals surface area contributed by atoms with E-state index in [9.17, 15) is 4.39 Å². The van der Waals surface area contributed by atoms with Gasteiger partial charge in [-0.3, -0.25) is 0 Å². The lowest BCUT2D eigenvalue weighted by Crippen LogP contribution is -2.21. The van der Waals surface area contributed by atoms with Crippen molar-refractivity contribution in [2.45, 2.75) is 13.5 Å². The van der Waals surface area contributed by atoms with Crippen LogP contribution in [0.1, 0.15) is 12.5 Å². The van der Waals surface area contributed by atoms with E-state index in [0.717, 1.165) is 24.3 Å². The first kappa shape index (κ1) is 12.8. The second kappa shape index (κ2) is 5.83. The van der Waals surface area contributed by atoms with Crippen molar-refractivity contribution in [3.8, 4) is 0 Å². The highest BCUT2D eigenvalue weighted by Crippen LogP contribution is 2.17. The highest BCUT2D eigenvalue weighted by molar-refractivity contribution is 6.29. The Kier molecular flexibility index (Phi) is 4.15. The van der Waals surface area contributed by atoms with E-state index in [1.165, 1.54) is 12.1 Å². The normalized spacial score (nSPS) is 10.4. The fraction of sp³-hybridized carbons (Fsp3) is 0.214. The molecule has 0 aliphatic carbocycles. The van der Waals surface area contributed by atoms with Gasteiger partial charge in [-0.1, -0.05) is 17.7 Å². The SMILES string of the molecule is CCN(Cc1ccc(Cl)nc1)c1ccc(F)cc1. The standard InChI is InChI=1S/C14H14ClFN2/c1-2-18(13-6-4-12(16)5-7-13)10-11-3-8-14(15)17-9-11/h3-9H,2,10H2,1H3. The second-order valence-electron chi connectivity index (χ2n) is 3.98. The summed E-state index contributed by atoms with van der Waals surface area (Å²) in [6.45, 7) is 3.63. The highest BCUT2D eigenvalue weighted by Gasteiger charge is 2.05. The van der Waals surface area contributed by atoms with Gasteiger partial charge in [-0.25, -0.2) is 9.37 Å². The predicted molar refractivity (Wildman–Crippen MR) is 72.4 cm³/mol. The Morgan fingerprint density at radius 1 is 1.17 bits per heavy atom. The van der Waals surface area contributed by atoms with Crippen molar-refractivity contribution in [3.05, 3.63) is 59.1 Å². The topological polar surface area (TPSA) is 16.1 Å². The molecule has 0 amide bonds. The zero-order chi connectivity index (χ0) is 13.0. The fourth-order valence-electron chi connectivity index (χ4n) is 1.76. The van der Waals surface area contributed by atoms with Gasteiger partial charge < -0.3 is 4.90 Å². The molecule has 0 aliphatic rings. The van der Waals surface area contributed by atoms with Gasteiger partial charge >= 0.3 is 0 Å². The van der Waals surface area contributed by atoms with E-state index >= 15 is 0 Å². The quantitative estimate of drug-likeness (QED) is 0.779. The molecule has 0 unspecified atom stereocenters. The Balaban J connectivity index is 2.14. The zero-order valence-corrected chi connectivity index (χ0v) is 10.9. The van der Waals surface area contributed by atoms with Crippen LogP contribution >= 0.6 is 11.6 Å². The number of benzene rings is 1. The Morgan fingerprint density at radius 3 is 2.44 bits per heavy atom. The third-order valence-electron chi connectivity index (χ3n) is 2.74. The molecular formula is C14H14ClFN2. The average molecular weight is 265 g/mol. The van der Waals surface area contributed by atoms with Crippen molar-refractivity contribution in [3.63, 3.8) is 0 Å². The van der Waals surface area contributed by atoms with E-state index in [-0.39, 0.29) is 5.82 Å². The molecule has 0 bridgehead atoms. The first-order valence-electron chi connectivity index (χ1n) is 5.80. The van der Waals surface area contributed by atoms with E-state index in [2.05, 4.69) is 16.8 Å². The minimum absolute atomic E-state index is 0.219. The molecule has 0 atom stereocenters. The van der Waals surface area contributed by atoms with E-state index < -0.39 is 0 Å². The summed E-state index contributed by atoms with van der Waals surface area (Å²) in [5, 5.41) is 0.489. The first-order valence-corrected chi connectivity index (χ1v) is 6.18. The van der Waals surface area contributed by atoms with Gasteiger partial charge in [0.05, 0.1) is 0 Å². The minimum Gasteiger partial charge on any atom is -0.367 e. The molecular weight excluding hydrogens is 251 g/mol. The van der Waals surface area contributed by atoms with Gasteiger partial charge in [0.25, 0.3) is 0 Å². The molecule has 4 heteroatoms. The molecule has 0 fully saturated rings. The second-order valence-corrected chi connectivity index (χ2v) is 4.37. The van der Waals surface area contributed by atoms with Crippen molar-refractivity contribution in [1.29, 1.82) is 0 Å². The van der Waals surface area contributed by atoms with Crippen LogP contribution in [0, 0.1) is 5.82 Å². The van der Waals surface area contributed by atoms with Crippen LogP contribution in [0.25, 0.3) is 0 Å². The van der Waals surface area contributed by atoms with Gasteiger partial charge in [0.1, 0.15) is 11.0 Å². The first-order chi connectivity index (χ1) is 8.69. The summed E-state index contributed by atoms with van der Waals surface area (Å²) in [6, 6.07) is 10.2. The van der Waals surface area contributed by atoms with Gasteiger partial charge in [0.2, 0.25) is 0 Å². The van der Waals surface area contributed by atoms with E-state index in [1.807, 2.05) is 6.07 Å². The molecule has 1 aromatic carbocycles. The van der Waals surface area contributed by atoms with Crippen LogP contribution in [0.4, 0.5) is 10.1 Å². The summed E-state index contributed by atoms with van der Waals surface area (Å²) in [7, 11) is 0. The Labute approximate surface area is 111 Å². The Hall–Kier alpha value is -1.61. The van der Waals surface area contributed by atoms with Crippen LogP contribution in [-0.2, 0) is 6.54 Å². The molecule has 0 N–H and O–H groups in total. The van der Waals surface area contributed by atoms with Gasteiger partial charge in [0.15, 0.2) is 0 Å². The molecule has 0 spiro atoms. The maximum atomic E-state index is 12.9. The van der Waals surface area contributed by atoms with Crippen LogP contribution in [0.2, 0.25) is 5.15 Å². The summed E-state index contributed by atoms with van der Waals surface area (Å²) >= 11 is 5.75. The largest absolute Gasteiger partial charge is 0.367 e. The number of hydrogen-bond acceptors (Lipinski definition) is 2. The number of hydrogen-bond donors (Lipinski definition) is 0. The number of aromatic nitrogens is 1. The van der Waals surface area contributed by atoms with Gasteiger partial charge in [0, 0.05) is 25.0 Å². The highest BCUT2D eigenvalue weighted by atomic mass is 35.5. The summed E-state index contributed by atoms with van der Waals surface area (Å²) in [5.74, 6) is -0.219.